The van der Waals surface area contributed by atoms with Crippen LogP contribution < -0.4 is 10.1 Å². The van der Waals surface area contributed by atoms with E-state index < -0.39 is 0 Å². The molecule has 1 saturated carbocycles. The molecule has 0 amide bonds. The van der Waals surface area contributed by atoms with Gasteiger partial charge in [0.1, 0.15) is 5.75 Å². The van der Waals surface area contributed by atoms with E-state index in [-0.39, 0.29) is 0 Å². The molecule has 1 aromatic rings. The molecule has 0 spiro atoms. The molecule has 1 fully saturated rings. The standard InChI is InChI=1S/C18H29NO/c1-5-19-15(4)17-8-6-7-9-18(17)20-16-11-10-13(2)14(3)12-16/h6-9,13-16,19H,5,10-12H2,1-4H3. The Bertz CT molecular complexity index is 418. The van der Waals surface area contributed by atoms with Gasteiger partial charge < -0.3 is 10.1 Å². The van der Waals surface area contributed by atoms with Crippen LogP contribution in [0.15, 0.2) is 24.3 Å². The molecule has 0 saturated heterocycles. The molecule has 0 aromatic heterocycles. The summed E-state index contributed by atoms with van der Waals surface area (Å²) in [5.74, 6) is 2.67. The Kier molecular flexibility index (Phi) is 5.47. The zero-order valence-electron chi connectivity index (χ0n) is 13.4. The summed E-state index contributed by atoms with van der Waals surface area (Å²) in [7, 11) is 0. The predicted molar refractivity (Wildman–Crippen MR) is 85.1 cm³/mol. The molecule has 112 valence electrons. The van der Waals surface area contributed by atoms with Gasteiger partial charge in [-0.2, -0.15) is 0 Å². The molecule has 1 N–H and O–H groups in total. The Balaban J connectivity index is 2.05. The maximum Gasteiger partial charge on any atom is 0.124 e. The summed E-state index contributed by atoms with van der Waals surface area (Å²) in [5, 5.41) is 3.48. The van der Waals surface area contributed by atoms with Crippen molar-refractivity contribution in [3.8, 4) is 5.75 Å². The summed E-state index contributed by atoms with van der Waals surface area (Å²) in [6.45, 7) is 10.0. The molecule has 2 nitrogen and oxygen atoms in total. The van der Waals surface area contributed by atoms with Gasteiger partial charge in [0.05, 0.1) is 6.10 Å². The Labute approximate surface area is 123 Å². The molecule has 1 aliphatic rings. The smallest absolute Gasteiger partial charge is 0.124 e. The van der Waals surface area contributed by atoms with Crippen molar-refractivity contribution in [2.45, 2.75) is 59.1 Å². The van der Waals surface area contributed by atoms with Gasteiger partial charge in [-0.15, -0.1) is 0 Å². The number of hydrogen-bond acceptors (Lipinski definition) is 2. The Morgan fingerprint density at radius 1 is 1.20 bits per heavy atom. The highest BCUT2D eigenvalue weighted by Gasteiger charge is 2.26. The minimum atomic E-state index is 0.344. The van der Waals surface area contributed by atoms with E-state index in [1.54, 1.807) is 0 Å². The lowest BCUT2D eigenvalue weighted by molar-refractivity contribution is 0.0992. The maximum atomic E-state index is 6.33. The minimum Gasteiger partial charge on any atom is -0.490 e. The maximum absolute atomic E-state index is 6.33. The normalized spacial score (nSPS) is 28.1. The summed E-state index contributed by atoms with van der Waals surface area (Å²) < 4.78 is 6.33. The molecule has 4 atom stereocenters. The molecule has 0 aliphatic heterocycles. The van der Waals surface area contributed by atoms with E-state index in [2.05, 4.69) is 57.3 Å². The summed E-state index contributed by atoms with van der Waals surface area (Å²) in [6.07, 6.45) is 4.05. The molecule has 1 aliphatic carbocycles. The van der Waals surface area contributed by atoms with Gasteiger partial charge >= 0.3 is 0 Å². The Hall–Kier alpha value is -1.02. The van der Waals surface area contributed by atoms with Crippen molar-refractivity contribution >= 4 is 0 Å². The highest BCUT2D eigenvalue weighted by molar-refractivity contribution is 5.35. The molecule has 0 heterocycles. The van der Waals surface area contributed by atoms with Gasteiger partial charge in [0, 0.05) is 11.6 Å². The van der Waals surface area contributed by atoms with E-state index in [9.17, 15) is 0 Å². The van der Waals surface area contributed by atoms with Gasteiger partial charge in [-0.25, -0.2) is 0 Å². The number of nitrogens with one attached hydrogen (secondary N) is 1. The number of ether oxygens (including phenoxy) is 1. The number of para-hydroxylation sites is 1. The molecular weight excluding hydrogens is 246 g/mol. The molecule has 20 heavy (non-hydrogen) atoms. The van der Waals surface area contributed by atoms with Gasteiger partial charge in [-0.3, -0.25) is 0 Å². The summed E-state index contributed by atoms with van der Waals surface area (Å²) >= 11 is 0. The second kappa shape index (κ2) is 7.12. The van der Waals surface area contributed by atoms with Gasteiger partial charge in [-0.1, -0.05) is 39.0 Å². The molecular formula is C18H29NO. The minimum absolute atomic E-state index is 0.344. The van der Waals surface area contributed by atoms with E-state index in [4.69, 9.17) is 4.74 Å². The van der Waals surface area contributed by atoms with Crippen LogP contribution in [0.4, 0.5) is 0 Å². The Morgan fingerprint density at radius 3 is 2.65 bits per heavy atom. The topological polar surface area (TPSA) is 21.3 Å². The summed E-state index contributed by atoms with van der Waals surface area (Å²) in [5.41, 5.74) is 1.28. The van der Waals surface area contributed by atoms with Crippen LogP contribution in [0.25, 0.3) is 0 Å². The SMILES string of the molecule is CCNC(C)c1ccccc1OC1CCC(C)C(C)C1. The number of benzene rings is 1. The van der Waals surface area contributed by atoms with E-state index in [0.717, 1.165) is 24.1 Å². The molecule has 1 aromatic carbocycles. The zero-order chi connectivity index (χ0) is 14.5. The molecule has 2 heteroatoms. The van der Waals surface area contributed by atoms with Crippen molar-refractivity contribution in [3.05, 3.63) is 29.8 Å². The van der Waals surface area contributed by atoms with Crippen LogP contribution in [0.5, 0.6) is 5.75 Å². The lowest BCUT2D eigenvalue weighted by Crippen LogP contribution is -2.29. The van der Waals surface area contributed by atoms with Gasteiger partial charge in [0.15, 0.2) is 0 Å². The largest absolute Gasteiger partial charge is 0.490 e. The first-order chi connectivity index (χ1) is 9.61. The van der Waals surface area contributed by atoms with Crippen LogP contribution in [0.2, 0.25) is 0 Å². The highest BCUT2D eigenvalue weighted by Crippen LogP contribution is 2.33. The van der Waals surface area contributed by atoms with Crippen molar-refractivity contribution in [1.29, 1.82) is 0 Å². The molecule has 2 rings (SSSR count). The average molecular weight is 275 g/mol. The first-order valence-electron chi connectivity index (χ1n) is 8.10. The lowest BCUT2D eigenvalue weighted by Gasteiger charge is -2.33. The van der Waals surface area contributed by atoms with Crippen LogP contribution in [0.1, 0.15) is 58.6 Å². The van der Waals surface area contributed by atoms with Crippen molar-refractivity contribution in [2.75, 3.05) is 6.54 Å². The number of rotatable bonds is 5. The summed E-state index contributed by atoms with van der Waals surface area (Å²) in [6, 6.07) is 8.81. The van der Waals surface area contributed by atoms with Crippen LogP contribution in [-0.4, -0.2) is 12.6 Å². The third-order valence-electron chi connectivity index (χ3n) is 4.74. The van der Waals surface area contributed by atoms with Crippen LogP contribution in [0, 0.1) is 11.8 Å². The average Bonchev–Trinajstić information content (AvgIpc) is 2.44. The van der Waals surface area contributed by atoms with E-state index in [1.807, 2.05) is 0 Å². The van der Waals surface area contributed by atoms with Crippen molar-refractivity contribution < 1.29 is 4.74 Å². The fourth-order valence-electron chi connectivity index (χ4n) is 3.15. The van der Waals surface area contributed by atoms with Crippen LogP contribution in [0.3, 0.4) is 0 Å². The van der Waals surface area contributed by atoms with Crippen LogP contribution in [-0.2, 0) is 0 Å². The van der Waals surface area contributed by atoms with Crippen molar-refractivity contribution in [3.63, 3.8) is 0 Å². The quantitative estimate of drug-likeness (QED) is 0.850. The summed E-state index contributed by atoms with van der Waals surface area (Å²) in [4.78, 5) is 0. The van der Waals surface area contributed by atoms with Crippen LogP contribution >= 0.6 is 0 Å². The first-order valence-corrected chi connectivity index (χ1v) is 8.10. The predicted octanol–water partition coefficient (Wildman–Crippen LogP) is 4.56. The molecule has 4 unspecified atom stereocenters. The van der Waals surface area contributed by atoms with Crippen molar-refractivity contribution in [1.82, 2.24) is 5.32 Å². The second-order valence-electron chi connectivity index (χ2n) is 6.32. The zero-order valence-corrected chi connectivity index (χ0v) is 13.4. The second-order valence-corrected chi connectivity index (χ2v) is 6.32. The fraction of sp³-hybridized carbons (Fsp3) is 0.667. The van der Waals surface area contributed by atoms with E-state index in [0.29, 0.717) is 12.1 Å². The highest BCUT2D eigenvalue weighted by atomic mass is 16.5. The van der Waals surface area contributed by atoms with Crippen molar-refractivity contribution in [2.24, 2.45) is 11.8 Å². The monoisotopic (exact) mass is 275 g/mol. The van der Waals surface area contributed by atoms with Gasteiger partial charge in [0.25, 0.3) is 0 Å². The number of hydrogen-bond donors (Lipinski definition) is 1. The van der Waals surface area contributed by atoms with E-state index >= 15 is 0 Å². The third kappa shape index (κ3) is 3.76. The fourth-order valence-corrected chi connectivity index (χ4v) is 3.15. The third-order valence-corrected chi connectivity index (χ3v) is 4.74. The van der Waals surface area contributed by atoms with Gasteiger partial charge in [-0.05, 0) is 50.6 Å². The molecule has 0 bridgehead atoms. The lowest BCUT2D eigenvalue weighted by atomic mass is 9.80. The first kappa shape index (κ1) is 15.4. The van der Waals surface area contributed by atoms with E-state index in [1.165, 1.54) is 24.8 Å². The molecule has 0 radical (unpaired) electrons. The Morgan fingerprint density at radius 2 is 1.95 bits per heavy atom. The van der Waals surface area contributed by atoms with Gasteiger partial charge in [0.2, 0.25) is 0 Å².